The van der Waals surface area contributed by atoms with Crippen LogP contribution in [0.15, 0.2) is 21.2 Å². The van der Waals surface area contributed by atoms with E-state index in [1.807, 2.05) is 6.20 Å². The zero-order valence-corrected chi connectivity index (χ0v) is 10.9. The van der Waals surface area contributed by atoms with Crippen molar-refractivity contribution in [2.24, 2.45) is 0 Å². The number of hydrogen-bond acceptors (Lipinski definition) is 2. The fourth-order valence-electron chi connectivity index (χ4n) is 1.77. The van der Waals surface area contributed by atoms with Crippen molar-refractivity contribution in [3.8, 4) is 0 Å². The highest BCUT2D eigenvalue weighted by molar-refractivity contribution is 9.11. The van der Waals surface area contributed by atoms with E-state index in [0.717, 1.165) is 21.2 Å². The second kappa shape index (κ2) is 4.73. The summed E-state index contributed by atoms with van der Waals surface area (Å²) < 4.78 is 2.11. The van der Waals surface area contributed by atoms with Gasteiger partial charge in [-0.15, -0.1) is 0 Å². The minimum Gasteiger partial charge on any atom is -0.309 e. The van der Waals surface area contributed by atoms with Crippen LogP contribution in [0.25, 0.3) is 0 Å². The van der Waals surface area contributed by atoms with E-state index >= 15 is 0 Å². The van der Waals surface area contributed by atoms with Gasteiger partial charge in [-0.3, -0.25) is 4.98 Å². The normalized spacial score (nSPS) is 22.3. The maximum atomic E-state index is 4.45. The van der Waals surface area contributed by atoms with Crippen molar-refractivity contribution in [3.63, 3.8) is 0 Å². The van der Waals surface area contributed by atoms with Gasteiger partial charge in [0.2, 0.25) is 0 Å². The number of piperidine rings is 1. The van der Waals surface area contributed by atoms with Gasteiger partial charge in [0, 0.05) is 15.1 Å². The molecule has 1 fully saturated rings. The van der Waals surface area contributed by atoms with E-state index in [1.54, 1.807) is 0 Å². The zero-order valence-electron chi connectivity index (χ0n) is 7.76. The number of aromatic nitrogens is 1. The molecular formula is C10H12Br2N2. The average molecular weight is 320 g/mol. The molecule has 0 saturated carbocycles. The summed E-state index contributed by atoms with van der Waals surface area (Å²) in [4.78, 5) is 4.45. The van der Waals surface area contributed by atoms with Crippen LogP contribution in [0.1, 0.15) is 31.0 Å². The second-order valence-electron chi connectivity index (χ2n) is 3.52. The van der Waals surface area contributed by atoms with Gasteiger partial charge in [0.05, 0.1) is 11.7 Å². The van der Waals surface area contributed by atoms with Gasteiger partial charge in [-0.2, -0.15) is 0 Å². The Morgan fingerprint density at radius 3 is 2.86 bits per heavy atom. The quantitative estimate of drug-likeness (QED) is 0.858. The van der Waals surface area contributed by atoms with Crippen LogP contribution in [0, 0.1) is 0 Å². The Morgan fingerprint density at radius 1 is 1.36 bits per heavy atom. The van der Waals surface area contributed by atoms with Crippen LogP contribution in [0.5, 0.6) is 0 Å². The van der Waals surface area contributed by atoms with Gasteiger partial charge in [0.15, 0.2) is 0 Å². The molecule has 1 aliphatic rings. The van der Waals surface area contributed by atoms with E-state index in [2.05, 4.69) is 48.2 Å². The molecule has 0 amide bonds. The van der Waals surface area contributed by atoms with Gasteiger partial charge < -0.3 is 5.32 Å². The highest BCUT2D eigenvalue weighted by atomic mass is 79.9. The molecule has 1 unspecified atom stereocenters. The Morgan fingerprint density at radius 2 is 2.21 bits per heavy atom. The van der Waals surface area contributed by atoms with Gasteiger partial charge in [-0.1, -0.05) is 6.42 Å². The van der Waals surface area contributed by atoms with Crippen molar-refractivity contribution in [3.05, 3.63) is 26.9 Å². The van der Waals surface area contributed by atoms with Crippen molar-refractivity contribution >= 4 is 31.9 Å². The lowest BCUT2D eigenvalue weighted by Gasteiger charge is -2.23. The lowest BCUT2D eigenvalue weighted by atomic mass is 10.0. The molecule has 1 atom stereocenters. The first-order valence-electron chi connectivity index (χ1n) is 4.81. The predicted molar refractivity (Wildman–Crippen MR) is 64.2 cm³/mol. The van der Waals surface area contributed by atoms with Crippen molar-refractivity contribution in [2.75, 3.05) is 6.54 Å². The maximum Gasteiger partial charge on any atom is 0.0715 e. The molecule has 1 aromatic rings. The summed E-state index contributed by atoms with van der Waals surface area (Å²) in [5.74, 6) is 0. The first-order chi connectivity index (χ1) is 6.77. The minimum absolute atomic E-state index is 0.422. The van der Waals surface area contributed by atoms with Crippen LogP contribution in [0.2, 0.25) is 0 Å². The number of halogens is 2. The molecule has 76 valence electrons. The van der Waals surface area contributed by atoms with Gasteiger partial charge in [-0.05, 0) is 57.3 Å². The smallest absolute Gasteiger partial charge is 0.0715 e. The summed E-state index contributed by atoms with van der Waals surface area (Å²) in [6.45, 7) is 1.11. The number of rotatable bonds is 1. The van der Waals surface area contributed by atoms with Gasteiger partial charge in [0.25, 0.3) is 0 Å². The topological polar surface area (TPSA) is 24.9 Å². The molecule has 14 heavy (non-hydrogen) atoms. The predicted octanol–water partition coefficient (Wildman–Crippen LogP) is 3.42. The molecule has 0 bridgehead atoms. The Labute approximate surface area is 101 Å². The molecule has 0 radical (unpaired) electrons. The molecule has 2 nitrogen and oxygen atoms in total. The van der Waals surface area contributed by atoms with Crippen molar-refractivity contribution in [2.45, 2.75) is 25.3 Å². The average Bonchev–Trinajstić information content (AvgIpc) is 2.19. The summed E-state index contributed by atoms with van der Waals surface area (Å²) >= 11 is 6.96. The van der Waals surface area contributed by atoms with Crippen LogP contribution in [0.4, 0.5) is 0 Å². The lowest BCUT2D eigenvalue weighted by Crippen LogP contribution is -2.27. The van der Waals surface area contributed by atoms with Gasteiger partial charge >= 0.3 is 0 Å². The fourth-order valence-corrected chi connectivity index (χ4v) is 3.03. The summed E-state index contributed by atoms with van der Waals surface area (Å²) in [5, 5.41) is 3.49. The summed E-state index contributed by atoms with van der Waals surface area (Å²) in [7, 11) is 0. The van der Waals surface area contributed by atoms with Crippen LogP contribution < -0.4 is 5.32 Å². The molecule has 4 heteroatoms. The molecule has 1 saturated heterocycles. The molecule has 0 spiro atoms. The zero-order chi connectivity index (χ0) is 9.97. The third-order valence-corrected chi connectivity index (χ3v) is 3.55. The molecule has 1 aromatic heterocycles. The largest absolute Gasteiger partial charge is 0.309 e. The minimum atomic E-state index is 0.422. The van der Waals surface area contributed by atoms with E-state index in [1.165, 1.54) is 19.3 Å². The number of hydrogen-bond donors (Lipinski definition) is 1. The molecule has 1 N–H and O–H groups in total. The van der Waals surface area contributed by atoms with Gasteiger partial charge in [0.1, 0.15) is 0 Å². The SMILES string of the molecule is Brc1cnc(C2CCCCN2)c(Br)c1. The number of nitrogens with zero attached hydrogens (tertiary/aromatic N) is 1. The Hall–Kier alpha value is 0.0700. The summed E-state index contributed by atoms with van der Waals surface area (Å²) in [6.07, 6.45) is 5.62. The van der Waals surface area contributed by atoms with Crippen LogP contribution >= 0.6 is 31.9 Å². The third-order valence-electron chi connectivity index (χ3n) is 2.48. The van der Waals surface area contributed by atoms with E-state index in [-0.39, 0.29) is 0 Å². The molecule has 1 aliphatic heterocycles. The van der Waals surface area contributed by atoms with Crippen LogP contribution in [0.3, 0.4) is 0 Å². The first kappa shape index (κ1) is 10.6. The standard InChI is InChI=1S/C10H12Br2N2/c11-7-5-8(12)10(14-6-7)9-3-1-2-4-13-9/h5-6,9,13H,1-4H2. The number of nitrogens with one attached hydrogen (secondary N) is 1. The fraction of sp³-hybridized carbons (Fsp3) is 0.500. The van der Waals surface area contributed by atoms with E-state index in [0.29, 0.717) is 6.04 Å². The molecule has 2 heterocycles. The molecule has 0 aliphatic carbocycles. The molecule has 0 aromatic carbocycles. The molecule has 2 rings (SSSR count). The summed E-state index contributed by atoms with van der Waals surface area (Å²) in [6, 6.07) is 2.48. The van der Waals surface area contributed by atoms with Crippen LogP contribution in [-0.2, 0) is 0 Å². The van der Waals surface area contributed by atoms with Crippen molar-refractivity contribution < 1.29 is 0 Å². The third kappa shape index (κ3) is 2.35. The Balaban J connectivity index is 2.22. The van der Waals surface area contributed by atoms with Crippen molar-refractivity contribution in [1.29, 1.82) is 0 Å². The van der Waals surface area contributed by atoms with E-state index < -0.39 is 0 Å². The van der Waals surface area contributed by atoms with Crippen LogP contribution in [-0.4, -0.2) is 11.5 Å². The first-order valence-corrected chi connectivity index (χ1v) is 6.40. The number of pyridine rings is 1. The van der Waals surface area contributed by atoms with E-state index in [9.17, 15) is 0 Å². The second-order valence-corrected chi connectivity index (χ2v) is 5.29. The molecular weight excluding hydrogens is 308 g/mol. The lowest BCUT2D eigenvalue weighted by molar-refractivity contribution is 0.404. The highest BCUT2D eigenvalue weighted by Gasteiger charge is 2.18. The maximum absolute atomic E-state index is 4.45. The Bertz CT molecular complexity index is 322. The van der Waals surface area contributed by atoms with Gasteiger partial charge in [-0.25, -0.2) is 0 Å². The van der Waals surface area contributed by atoms with E-state index in [4.69, 9.17) is 0 Å². The Kier molecular flexibility index (Phi) is 3.57. The summed E-state index contributed by atoms with van der Waals surface area (Å²) in [5.41, 5.74) is 1.13. The highest BCUT2D eigenvalue weighted by Crippen LogP contribution is 2.28. The monoisotopic (exact) mass is 318 g/mol. The van der Waals surface area contributed by atoms with Crippen molar-refractivity contribution in [1.82, 2.24) is 10.3 Å².